The third-order valence-electron chi connectivity index (χ3n) is 4.55. The van der Waals surface area contributed by atoms with Crippen molar-refractivity contribution in [2.75, 3.05) is 7.05 Å². The summed E-state index contributed by atoms with van der Waals surface area (Å²) in [7, 11) is 1.56. The molecule has 3 rings (SSSR count). The van der Waals surface area contributed by atoms with E-state index in [2.05, 4.69) is 10.3 Å². The number of carbonyl (C=O) groups is 2. The number of likely N-dealkylation sites (N-methyl/N-ethyl adjacent to an activating group) is 1. The Hall–Kier alpha value is -3.22. The van der Waals surface area contributed by atoms with Crippen molar-refractivity contribution in [2.45, 2.75) is 25.9 Å². The summed E-state index contributed by atoms with van der Waals surface area (Å²) >= 11 is 0. The predicted octanol–water partition coefficient (Wildman–Crippen LogP) is 3.15. The number of rotatable bonds is 6. The zero-order valence-electron chi connectivity index (χ0n) is 15.6. The molecule has 0 bridgehead atoms. The van der Waals surface area contributed by atoms with Gasteiger partial charge < -0.3 is 15.2 Å². The van der Waals surface area contributed by atoms with Gasteiger partial charge in [-0.2, -0.15) is 0 Å². The van der Waals surface area contributed by atoms with E-state index in [0.717, 1.165) is 28.6 Å². The number of para-hydroxylation sites is 1. The number of hydrogen-bond donors (Lipinski definition) is 2. The van der Waals surface area contributed by atoms with Gasteiger partial charge in [-0.25, -0.2) is 8.78 Å². The lowest BCUT2D eigenvalue weighted by molar-refractivity contribution is -0.135. The van der Waals surface area contributed by atoms with E-state index < -0.39 is 17.7 Å². The van der Waals surface area contributed by atoms with Crippen LogP contribution in [-0.2, 0) is 22.6 Å². The van der Waals surface area contributed by atoms with Gasteiger partial charge in [-0.15, -0.1) is 0 Å². The van der Waals surface area contributed by atoms with Gasteiger partial charge in [0.05, 0.1) is 0 Å². The van der Waals surface area contributed by atoms with Gasteiger partial charge >= 0.3 is 0 Å². The number of amides is 2. The minimum Gasteiger partial charge on any atom is -0.361 e. The molecule has 2 amide bonds. The predicted molar refractivity (Wildman–Crippen MR) is 102 cm³/mol. The lowest BCUT2D eigenvalue weighted by atomic mass is 10.0. The Morgan fingerprint density at radius 1 is 1.14 bits per heavy atom. The first-order valence-electron chi connectivity index (χ1n) is 8.86. The van der Waals surface area contributed by atoms with Crippen LogP contribution in [0, 0.1) is 11.6 Å². The van der Waals surface area contributed by atoms with E-state index in [0.29, 0.717) is 12.0 Å². The molecule has 0 saturated carbocycles. The lowest BCUT2D eigenvalue weighted by Crippen LogP contribution is -2.47. The second-order valence-electron chi connectivity index (χ2n) is 6.76. The van der Waals surface area contributed by atoms with Crippen LogP contribution in [0.5, 0.6) is 0 Å². The highest BCUT2D eigenvalue weighted by atomic mass is 19.2. The highest BCUT2D eigenvalue weighted by Crippen LogP contribution is 2.20. The van der Waals surface area contributed by atoms with E-state index in [9.17, 15) is 18.4 Å². The van der Waals surface area contributed by atoms with Crippen molar-refractivity contribution >= 4 is 22.7 Å². The van der Waals surface area contributed by atoms with Crippen LogP contribution in [0.1, 0.15) is 18.1 Å². The summed E-state index contributed by atoms with van der Waals surface area (Å²) in [6.45, 7) is 1.45. The quantitative estimate of drug-likeness (QED) is 0.685. The maximum Gasteiger partial charge on any atom is 0.245 e. The number of aromatic nitrogens is 1. The van der Waals surface area contributed by atoms with Gasteiger partial charge in [0.1, 0.15) is 6.04 Å². The van der Waals surface area contributed by atoms with E-state index in [1.165, 1.54) is 17.9 Å². The van der Waals surface area contributed by atoms with Crippen LogP contribution >= 0.6 is 0 Å². The van der Waals surface area contributed by atoms with Gasteiger partial charge in [0.25, 0.3) is 0 Å². The summed E-state index contributed by atoms with van der Waals surface area (Å²) in [6.07, 6.45) is 2.13. The molecule has 0 radical (unpaired) electrons. The maximum atomic E-state index is 13.4. The fourth-order valence-electron chi connectivity index (χ4n) is 3.22. The molecule has 0 spiro atoms. The average Bonchev–Trinajstić information content (AvgIpc) is 3.06. The Morgan fingerprint density at radius 3 is 2.61 bits per heavy atom. The van der Waals surface area contributed by atoms with Crippen LogP contribution in [0.15, 0.2) is 48.7 Å². The van der Waals surface area contributed by atoms with Crippen molar-refractivity contribution in [2.24, 2.45) is 0 Å². The van der Waals surface area contributed by atoms with E-state index in [4.69, 9.17) is 0 Å². The van der Waals surface area contributed by atoms with Crippen molar-refractivity contribution in [3.05, 3.63) is 71.4 Å². The smallest absolute Gasteiger partial charge is 0.245 e. The molecule has 7 heteroatoms. The Labute approximate surface area is 161 Å². The van der Waals surface area contributed by atoms with Crippen molar-refractivity contribution < 1.29 is 18.4 Å². The van der Waals surface area contributed by atoms with Crippen molar-refractivity contribution in [1.82, 2.24) is 15.2 Å². The summed E-state index contributed by atoms with van der Waals surface area (Å²) < 4.78 is 26.5. The molecule has 0 aliphatic heterocycles. The first kappa shape index (κ1) is 19.5. The van der Waals surface area contributed by atoms with E-state index >= 15 is 0 Å². The minimum atomic E-state index is -0.962. The average molecular weight is 385 g/mol. The standard InChI is InChI=1S/C21H21F2N3O2/c1-13(27)25-20(10-15-11-24-19-6-4-3-5-16(15)19)21(28)26(2)12-14-7-8-17(22)18(23)9-14/h3-9,11,20,24H,10,12H2,1-2H3,(H,25,27). The van der Waals surface area contributed by atoms with E-state index in [1.807, 2.05) is 30.5 Å². The Balaban J connectivity index is 1.78. The molecule has 28 heavy (non-hydrogen) atoms. The SMILES string of the molecule is CC(=O)NC(Cc1c[nH]c2ccccc12)C(=O)N(C)Cc1ccc(F)c(F)c1. The second-order valence-corrected chi connectivity index (χ2v) is 6.76. The number of carbonyl (C=O) groups excluding carboxylic acids is 2. The Kier molecular flexibility index (Phi) is 5.73. The van der Waals surface area contributed by atoms with Crippen LogP contribution < -0.4 is 5.32 Å². The third-order valence-corrected chi connectivity index (χ3v) is 4.55. The van der Waals surface area contributed by atoms with Gasteiger partial charge in [0.15, 0.2) is 11.6 Å². The van der Waals surface area contributed by atoms with Crippen LogP contribution in [0.4, 0.5) is 8.78 Å². The number of hydrogen-bond acceptors (Lipinski definition) is 2. The van der Waals surface area contributed by atoms with Gasteiger partial charge in [0.2, 0.25) is 11.8 Å². The molecule has 2 N–H and O–H groups in total. The van der Waals surface area contributed by atoms with Crippen molar-refractivity contribution in [3.8, 4) is 0 Å². The summed E-state index contributed by atoms with van der Waals surface area (Å²) in [4.78, 5) is 29.1. The highest BCUT2D eigenvalue weighted by Gasteiger charge is 2.24. The van der Waals surface area contributed by atoms with Crippen molar-refractivity contribution in [1.29, 1.82) is 0 Å². The van der Waals surface area contributed by atoms with Crippen LogP contribution in [0.3, 0.4) is 0 Å². The highest BCUT2D eigenvalue weighted by molar-refractivity contribution is 5.89. The van der Waals surface area contributed by atoms with Gasteiger partial charge in [-0.1, -0.05) is 24.3 Å². The Bertz CT molecular complexity index is 1020. The molecule has 3 aromatic rings. The summed E-state index contributed by atoms with van der Waals surface area (Å²) in [5.41, 5.74) is 2.31. The van der Waals surface area contributed by atoms with Crippen LogP contribution in [-0.4, -0.2) is 34.8 Å². The Morgan fingerprint density at radius 2 is 1.89 bits per heavy atom. The second kappa shape index (κ2) is 8.21. The number of aromatic amines is 1. The molecule has 1 unspecified atom stereocenters. The maximum absolute atomic E-state index is 13.4. The molecule has 0 saturated heterocycles. The fourth-order valence-corrected chi connectivity index (χ4v) is 3.22. The van der Waals surface area contributed by atoms with Crippen molar-refractivity contribution in [3.63, 3.8) is 0 Å². The van der Waals surface area contributed by atoms with Gasteiger partial charge in [0, 0.05) is 44.0 Å². The largest absolute Gasteiger partial charge is 0.361 e. The zero-order chi connectivity index (χ0) is 20.3. The first-order valence-corrected chi connectivity index (χ1v) is 8.86. The first-order chi connectivity index (χ1) is 13.3. The summed E-state index contributed by atoms with van der Waals surface area (Å²) in [5, 5.41) is 3.67. The molecular formula is C21H21F2N3O2. The summed E-state index contributed by atoms with van der Waals surface area (Å²) in [6, 6.07) is 10.4. The molecular weight excluding hydrogens is 364 g/mol. The molecule has 0 aliphatic carbocycles. The normalized spacial score (nSPS) is 12.0. The number of nitrogens with one attached hydrogen (secondary N) is 2. The number of H-pyrrole nitrogens is 1. The number of fused-ring (bicyclic) bond motifs is 1. The monoisotopic (exact) mass is 385 g/mol. The zero-order valence-corrected chi connectivity index (χ0v) is 15.6. The fraction of sp³-hybridized carbons (Fsp3) is 0.238. The molecule has 146 valence electrons. The number of benzene rings is 2. The molecule has 1 aromatic heterocycles. The summed E-state index contributed by atoms with van der Waals surface area (Å²) in [5.74, 6) is -2.53. The topological polar surface area (TPSA) is 65.2 Å². The van der Waals surface area contributed by atoms with E-state index in [-0.39, 0.29) is 18.4 Å². The third kappa shape index (κ3) is 4.36. The minimum absolute atomic E-state index is 0.0972. The van der Waals surface area contributed by atoms with Gasteiger partial charge in [-0.05, 0) is 29.3 Å². The molecule has 1 atom stereocenters. The molecule has 0 aliphatic rings. The molecule has 0 fully saturated rings. The number of halogens is 2. The molecule has 5 nitrogen and oxygen atoms in total. The lowest BCUT2D eigenvalue weighted by Gasteiger charge is -2.24. The van der Waals surface area contributed by atoms with Gasteiger partial charge in [-0.3, -0.25) is 9.59 Å². The molecule has 2 aromatic carbocycles. The van der Waals surface area contributed by atoms with Crippen LogP contribution in [0.2, 0.25) is 0 Å². The van der Waals surface area contributed by atoms with Crippen LogP contribution in [0.25, 0.3) is 10.9 Å². The number of nitrogens with zero attached hydrogens (tertiary/aromatic N) is 1. The van der Waals surface area contributed by atoms with E-state index in [1.54, 1.807) is 7.05 Å². The molecule has 1 heterocycles.